The number of benzene rings is 2. The molecule has 130 valence electrons. The minimum atomic E-state index is -0.768. The number of carbonyl (C=O) groups is 2. The number of esters is 1. The van der Waals surface area contributed by atoms with Crippen LogP contribution in [0.1, 0.15) is 28.4 Å². The minimum absolute atomic E-state index is 0.197. The maximum absolute atomic E-state index is 12.7. The van der Waals surface area contributed by atoms with Gasteiger partial charge in [-0.15, -0.1) is 0 Å². The number of ether oxygens (including phenoxy) is 2. The molecule has 5 nitrogen and oxygen atoms in total. The molecule has 1 amide bonds. The Balaban J connectivity index is 1.65. The highest BCUT2D eigenvalue weighted by Crippen LogP contribution is 2.22. The number of fused-ring (bicyclic) bond motifs is 1. The zero-order chi connectivity index (χ0) is 17.8. The lowest BCUT2D eigenvalue weighted by Crippen LogP contribution is -2.42. The van der Waals surface area contributed by atoms with Gasteiger partial charge < -0.3 is 14.4 Å². The zero-order valence-electron chi connectivity index (χ0n) is 14.4. The summed E-state index contributed by atoms with van der Waals surface area (Å²) in [4.78, 5) is 26.3. The first kappa shape index (κ1) is 17.0. The normalized spacial score (nSPS) is 15.9. The van der Waals surface area contributed by atoms with E-state index in [0.717, 1.165) is 16.9 Å². The largest absolute Gasteiger partial charge is 0.494 e. The van der Waals surface area contributed by atoms with Crippen molar-refractivity contribution in [2.24, 2.45) is 0 Å². The molecule has 2 aromatic carbocycles. The van der Waals surface area contributed by atoms with Crippen molar-refractivity contribution in [3.8, 4) is 5.75 Å². The van der Waals surface area contributed by atoms with Gasteiger partial charge in [0.2, 0.25) is 0 Å². The Labute approximate surface area is 147 Å². The second kappa shape index (κ2) is 7.38. The molecule has 0 bridgehead atoms. The summed E-state index contributed by atoms with van der Waals surface area (Å²) in [5, 5.41) is 0. The number of hydrogen-bond acceptors (Lipinski definition) is 4. The average molecular weight is 339 g/mol. The van der Waals surface area contributed by atoms with E-state index in [1.807, 2.05) is 43.3 Å². The number of cyclic esters (lactones) is 1. The predicted molar refractivity (Wildman–Crippen MR) is 93.4 cm³/mol. The van der Waals surface area contributed by atoms with E-state index in [1.165, 1.54) is 0 Å². The molecule has 1 aliphatic heterocycles. The van der Waals surface area contributed by atoms with E-state index in [-0.39, 0.29) is 5.91 Å². The SMILES string of the molecule is CCOc1ccc(CN(C)C(=O)C2Cc3ccccc3C(=O)O2)cc1. The number of rotatable bonds is 5. The number of hydrogen-bond donors (Lipinski definition) is 0. The maximum atomic E-state index is 12.7. The second-order valence-corrected chi connectivity index (χ2v) is 6.03. The van der Waals surface area contributed by atoms with Gasteiger partial charge in [-0.2, -0.15) is 0 Å². The van der Waals surface area contributed by atoms with Gasteiger partial charge in [0, 0.05) is 20.0 Å². The molecule has 1 unspecified atom stereocenters. The molecular formula is C20H21NO4. The monoisotopic (exact) mass is 339 g/mol. The molecule has 2 aromatic rings. The van der Waals surface area contributed by atoms with Gasteiger partial charge in [-0.1, -0.05) is 30.3 Å². The van der Waals surface area contributed by atoms with Crippen molar-refractivity contribution in [1.82, 2.24) is 4.90 Å². The van der Waals surface area contributed by atoms with Crippen LogP contribution in [0.5, 0.6) is 5.75 Å². The van der Waals surface area contributed by atoms with Crippen LogP contribution in [0.4, 0.5) is 0 Å². The van der Waals surface area contributed by atoms with Crippen LogP contribution in [0.15, 0.2) is 48.5 Å². The van der Waals surface area contributed by atoms with Crippen LogP contribution in [0.25, 0.3) is 0 Å². The van der Waals surface area contributed by atoms with Crippen LogP contribution in [0, 0.1) is 0 Å². The summed E-state index contributed by atoms with van der Waals surface area (Å²) >= 11 is 0. The molecule has 0 N–H and O–H groups in total. The van der Waals surface area contributed by atoms with Gasteiger partial charge in [-0.3, -0.25) is 4.79 Å². The third kappa shape index (κ3) is 3.82. The average Bonchev–Trinajstić information content (AvgIpc) is 2.63. The van der Waals surface area contributed by atoms with Gasteiger partial charge in [0.25, 0.3) is 5.91 Å². The first-order valence-electron chi connectivity index (χ1n) is 8.34. The third-order valence-corrected chi connectivity index (χ3v) is 4.20. The Hall–Kier alpha value is -2.82. The van der Waals surface area contributed by atoms with Crippen molar-refractivity contribution in [3.05, 3.63) is 65.2 Å². The first-order valence-corrected chi connectivity index (χ1v) is 8.34. The Morgan fingerprint density at radius 1 is 1.20 bits per heavy atom. The van der Waals surface area contributed by atoms with Crippen LogP contribution < -0.4 is 4.74 Å². The molecule has 0 saturated carbocycles. The zero-order valence-corrected chi connectivity index (χ0v) is 14.4. The standard InChI is InChI=1S/C20H21NO4/c1-3-24-16-10-8-14(9-11-16)13-21(2)19(22)18-12-15-6-4-5-7-17(15)20(23)25-18/h4-11,18H,3,12-13H2,1-2H3. The van der Waals surface area contributed by atoms with Crippen molar-refractivity contribution in [1.29, 1.82) is 0 Å². The molecule has 0 fully saturated rings. The summed E-state index contributed by atoms with van der Waals surface area (Å²) in [6.07, 6.45) is -0.357. The lowest BCUT2D eigenvalue weighted by molar-refractivity contribution is -0.140. The van der Waals surface area contributed by atoms with Crippen LogP contribution in [-0.4, -0.2) is 36.5 Å². The molecule has 25 heavy (non-hydrogen) atoms. The van der Waals surface area contributed by atoms with Crippen LogP contribution in [-0.2, 0) is 22.5 Å². The fraction of sp³-hybridized carbons (Fsp3) is 0.300. The Morgan fingerprint density at radius 3 is 2.64 bits per heavy atom. The summed E-state index contributed by atoms with van der Waals surface area (Å²) in [7, 11) is 1.72. The molecule has 1 heterocycles. The Morgan fingerprint density at radius 2 is 1.92 bits per heavy atom. The third-order valence-electron chi connectivity index (χ3n) is 4.20. The highest BCUT2D eigenvalue weighted by atomic mass is 16.5. The number of amides is 1. The summed E-state index contributed by atoms with van der Waals surface area (Å²) in [6, 6.07) is 14.9. The highest BCUT2D eigenvalue weighted by molar-refractivity contribution is 5.95. The van der Waals surface area contributed by atoms with Crippen molar-refractivity contribution in [2.45, 2.75) is 26.0 Å². The maximum Gasteiger partial charge on any atom is 0.339 e. The Bertz CT molecular complexity index is 770. The van der Waals surface area contributed by atoms with E-state index in [2.05, 4.69) is 0 Å². The van der Waals surface area contributed by atoms with Crippen molar-refractivity contribution >= 4 is 11.9 Å². The Kier molecular flexibility index (Phi) is 5.03. The quantitative estimate of drug-likeness (QED) is 0.786. The van der Waals surface area contributed by atoms with E-state index in [4.69, 9.17) is 9.47 Å². The van der Waals surface area contributed by atoms with Crippen LogP contribution in [0.2, 0.25) is 0 Å². The van der Waals surface area contributed by atoms with Crippen molar-refractivity contribution in [3.63, 3.8) is 0 Å². The number of likely N-dealkylation sites (N-methyl/N-ethyl adjacent to an activating group) is 1. The second-order valence-electron chi connectivity index (χ2n) is 6.03. The van der Waals surface area contributed by atoms with E-state index in [1.54, 1.807) is 24.1 Å². The van der Waals surface area contributed by atoms with Crippen LogP contribution in [0.3, 0.4) is 0 Å². The molecule has 1 aliphatic rings. The summed E-state index contributed by atoms with van der Waals surface area (Å²) in [5.74, 6) is 0.171. The molecule has 1 atom stereocenters. The molecule has 0 radical (unpaired) electrons. The smallest absolute Gasteiger partial charge is 0.339 e. The molecule has 0 aliphatic carbocycles. The fourth-order valence-electron chi connectivity index (χ4n) is 2.92. The highest BCUT2D eigenvalue weighted by Gasteiger charge is 2.32. The molecule has 5 heteroatoms. The van der Waals surface area contributed by atoms with Gasteiger partial charge in [0.1, 0.15) is 5.75 Å². The summed E-state index contributed by atoms with van der Waals surface area (Å²) < 4.78 is 10.7. The van der Waals surface area contributed by atoms with Crippen molar-refractivity contribution < 1.29 is 19.1 Å². The first-order chi connectivity index (χ1) is 12.1. The van der Waals surface area contributed by atoms with Crippen LogP contribution >= 0.6 is 0 Å². The summed E-state index contributed by atoms with van der Waals surface area (Å²) in [6.45, 7) is 3.00. The molecule has 3 rings (SSSR count). The lowest BCUT2D eigenvalue weighted by Gasteiger charge is -2.27. The fourth-order valence-corrected chi connectivity index (χ4v) is 2.92. The van der Waals surface area contributed by atoms with E-state index < -0.39 is 12.1 Å². The van der Waals surface area contributed by atoms with Gasteiger partial charge in [-0.25, -0.2) is 4.79 Å². The van der Waals surface area contributed by atoms with Gasteiger partial charge in [0.15, 0.2) is 6.10 Å². The van der Waals surface area contributed by atoms with E-state index >= 15 is 0 Å². The molecule has 0 aromatic heterocycles. The molecule has 0 spiro atoms. The van der Waals surface area contributed by atoms with Gasteiger partial charge in [0.05, 0.1) is 12.2 Å². The van der Waals surface area contributed by atoms with E-state index in [9.17, 15) is 9.59 Å². The molecular weight excluding hydrogens is 318 g/mol. The van der Waals surface area contributed by atoms with Gasteiger partial charge in [-0.05, 0) is 36.2 Å². The molecule has 0 saturated heterocycles. The van der Waals surface area contributed by atoms with Crippen molar-refractivity contribution in [2.75, 3.05) is 13.7 Å². The predicted octanol–water partition coefficient (Wildman–Crippen LogP) is 2.83. The summed E-state index contributed by atoms with van der Waals surface area (Å²) in [5.41, 5.74) is 2.38. The minimum Gasteiger partial charge on any atom is -0.494 e. The number of carbonyl (C=O) groups excluding carboxylic acids is 2. The number of nitrogens with zero attached hydrogens (tertiary/aromatic N) is 1. The topological polar surface area (TPSA) is 55.8 Å². The van der Waals surface area contributed by atoms with Gasteiger partial charge >= 0.3 is 5.97 Å². The van der Waals surface area contributed by atoms with E-state index in [0.29, 0.717) is 25.1 Å². The lowest BCUT2D eigenvalue weighted by atomic mass is 9.98.